The lowest BCUT2D eigenvalue weighted by Gasteiger charge is -2.09. The number of hydrogen-bond acceptors (Lipinski definition) is 5. The lowest BCUT2D eigenvalue weighted by molar-refractivity contribution is -0.386. The maximum Gasteiger partial charge on any atom is 0.433 e. The van der Waals surface area contributed by atoms with E-state index < -0.39 is 28.2 Å². The van der Waals surface area contributed by atoms with Gasteiger partial charge in [-0.15, -0.1) is 0 Å². The summed E-state index contributed by atoms with van der Waals surface area (Å²) in [5.41, 5.74) is 3.33. The molecule has 100 valence electrons. The summed E-state index contributed by atoms with van der Waals surface area (Å²) in [4.78, 5) is 12.7. The molecule has 0 aliphatic rings. The molecule has 0 aliphatic heterocycles. The van der Waals surface area contributed by atoms with E-state index >= 15 is 0 Å². The Bertz CT molecular complexity index is 437. The molecule has 2 N–H and O–H groups in total. The van der Waals surface area contributed by atoms with Crippen LogP contribution in [0.4, 0.5) is 18.9 Å². The molecule has 1 heterocycles. The summed E-state index contributed by atoms with van der Waals surface area (Å²) < 4.78 is 42.1. The minimum absolute atomic E-state index is 0.00134. The summed E-state index contributed by atoms with van der Waals surface area (Å²) in [6, 6.07) is 0.509. The molecule has 6 nitrogen and oxygen atoms in total. The van der Waals surface area contributed by atoms with Crippen LogP contribution in [-0.2, 0) is 6.18 Å². The largest absolute Gasteiger partial charge is 0.487 e. The Morgan fingerprint density at radius 3 is 2.67 bits per heavy atom. The summed E-state index contributed by atoms with van der Waals surface area (Å²) in [6.07, 6.45) is -3.78. The van der Waals surface area contributed by atoms with Crippen LogP contribution in [0, 0.1) is 10.1 Å². The molecular weight excluding hydrogens is 255 g/mol. The van der Waals surface area contributed by atoms with Gasteiger partial charge in [0, 0.05) is 6.07 Å². The molecule has 1 aromatic heterocycles. The molecule has 1 rings (SSSR count). The summed E-state index contributed by atoms with van der Waals surface area (Å²) >= 11 is 0. The summed E-state index contributed by atoms with van der Waals surface area (Å²) in [7, 11) is 0. The van der Waals surface area contributed by atoms with E-state index in [1.54, 1.807) is 0 Å². The van der Waals surface area contributed by atoms with Crippen molar-refractivity contribution in [2.24, 2.45) is 5.73 Å². The van der Waals surface area contributed by atoms with Gasteiger partial charge in [0.25, 0.3) is 0 Å². The van der Waals surface area contributed by atoms with E-state index in [-0.39, 0.29) is 13.2 Å². The fraction of sp³-hybridized carbons (Fsp3) is 0.444. The van der Waals surface area contributed by atoms with Crippen molar-refractivity contribution in [3.05, 3.63) is 28.1 Å². The van der Waals surface area contributed by atoms with Crippen molar-refractivity contribution >= 4 is 5.69 Å². The van der Waals surface area contributed by atoms with Gasteiger partial charge in [0.15, 0.2) is 0 Å². The lowest BCUT2D eigenvalue weighted by atomic mass is 10.3. The van der Waals surface area contributed by atoms with Crippen LogP contribution >= 0.6 is 0 Å². The van der Waals surface area contributed by atoms with Crippen molar-refractivity contribution < 1.29 is 22.8 Å². The number of pyridine rings is 1. The molecule has 0 fully saturated rings. The van der Waals surface area contributed by atoms with Crippen LogP contribution in [0.5, 0.6) is 5.75 Å². The number of nitro groups is 1. The highest BCUT2D eigenvalue weighted by atomic mass is 19.4. The third kappa shape index (κ3) is 3.55. The van der Waals surface area contributed by atoms with Gasteiger partial charge >= 0.3 is 11.9 Å². The van der Waals surface area contributed by atoms with E-state index in [1.807, 2.05) is 0 Å². The first kappa shape index (κ1) is 14.2. The fourth-order valence-corrected chi connectivity index (χ4v) is 1.10. The topological polar surface area (TPSA) is 91.3 Å². The molecule has 18 heavy (non-hydrogen) atoms. The van der Waals surface area contributed by atoms with E-state index in [2.05, 4.69) is 4.98 Å². The Hall–Kier alpha value is -1.90. The van der Waals surface area contributed by atoms with Crippen LogP contribution in [0.25, 0.3) is 0 Å². The highest BCUT2D eigenvalue weighted by Gasteiger charge is 2.34. The third-order valence-corrected chi connectivity index (χ3v) is 1.94. The van der Waals surface area contributed by atoms with E-state index in [0.717, 1.165) is 0 Å². The van der Waals surface area contributed by atoms with Crippen LogP contribution in [-0.4, -0.2) is 23.1 Å². The Morgan fingerprint density at radius 1 is 1.50 bits per heavy atom. The van der Waals surface area contributed by atoms with Crippen LogP contribution in [0.2, 0.25) is 0 Å². The monoisotopic (exact) mass is 265 g/mol. The second-order valence-corrected chi connectivity index (χ2v) is 3.28. The van der Waals surface area contributed by atoms with Crippen molar-refractivity contribution in [2.75, 3.05) is 13.2 Å². The predicted octanol–water partition coefficient (Wildman–Crippen LogP) is 1.74. The summed E-state index contributed by atoms with van der Waals surface area (Å²) in [5, 5.41) is 10.6. The van der Waals surface area contributed by atoms with E-state index in [4.69, 9.17) is 10.5 Å². The predicted molar refractivity (Wildman–Crippen MR) is 55.1 cm³/mol. The zero-order chi connectivity index (χ0) is 13.8. The molecule has 0 spiro atoms. The number of nitrogens with two attached hydrogens (primary N) is 1. The molecule has 0 amide bonds. The van der Waals surface area contributed by atoms with Crippen molar-refractivity contribution in [2.45, 2.75) is 12.6 Å². The first-order chi connectivity index (χ1) is 8.36. The fourth-order valence-electron chi connectivity index (χ4n) is 1.10. The highest BCUT2D eigenvalue weighted by Crippen LogP contribution is 2.34. The molecule has 0 saturated carbocycles. The number of alkyl halides is 3. The van der Waals surface area contributed by atoms with Crippen molar-refractivity contribution in [1.82, 2.24) is 4.98 Å². The standard InChI is InChI=1S/C9H10F3N3O3/c10-9(11,12)8-4-7(18-3-1-2-13)6(5-14-8)15(16)17/h4-5H,1-3,13H2. The molecule has 0 aliphatic carbocycles. The molecule has 0 unspecified atom stereocenters. The maximum atomic E-state index is 12.4. The van der Waals surface area contributed by atoms with Gasteiger partial charge in [0.05, 0.1) is 11.5 Å². The number of rotatable bonds is 5. The first-order valence-electron chi connectivity index (χ1n) is 4.90. The minimum Gasteiger partial charge on any atom is -0.487 e. The van der Waals surface area contributed by atoms with Crippen LogP contribution in [0.3, 0.4) is 0 Å². The smallest absolute Gasteiger partial charge is 0.433 e. The third-order valence-electron chi connectivity index (χ3n) is 1.94. The van der Waals surface area contributed by atoms with E-state index in [9.17, 15) is 23.3 Å². The van der Waals surface area contributed by atoms with E-state index in [0.29, 0.717) is 18.7 Å². The van der Waals surface area contributed by atoms with Crippen LogP contribution in [0.15, 0.2) is 12.3 Å². The van der Waals surface area contributed by atoms with E-state index in [1.165, 1.54) is 0 Å². The number of ether oxygens (including phenoxy) is 1. The van der Waals surface area contributed by atoms with Crippen LogP contribution < -0.4 is 10.5 Å². The average Bonchev–Trinajstić information content (AvgIpc) is 2.27. The number of aromatic nitrogens is 1. The minimum atomic E-state index is -4.68. The highest BCUT2D eigenvalue weighted by molar-refractivity contribution is 5.45. The molecule has 0 saturated heterocycles. The van der Waals surface area contributed by atoms with Crippen molar-refractivity contribution in [3.63, 3.8) is 0 Å². The first-order valence-corrected chi connectivity index (χ1v) is 4.90. The Kier molecular flexibility index (Phi) is 4.43. The quantitative estimate of drug-likeness (QED) is 0.497. The van der Waals surface area contributed by atoms with Gasteiger partial charge in [-0.05, 0) is 13.0 Å². The van der Waals surface area contributed by atoms with Crippen LogP contribution in [0.1, 0.15) is 12.1 Å². The molecule has 0 atom stereocenters. The SMILES string of the molecule is NCCCOc1cc(C(F)(F)F)ncc1[N+](=O)[O-]. The molecule has 0 bridgehead atoms. The Balaban J connectivity index is 3.04. The van der Waals surface area contributed by atoms with Crippen molar-refractivity contribution in [1.29, 1.82) is 0 Å². The zero-order valence-corrected chi connectivity index (χ0v) is 9.11. The molecular formula is C9H10F3N3O3. The second-order valence-electron chi connectivity index (χ2n) is 3.28. The molecule has 9 heteroatoms. The maximum absolute atomic E-state index is 12.4. The van der Waals surface area contributed by atoms with Crippen molar-refractivity contribution in [3.8, 4) is 5.75 Å². The van der Waals surface area contributed by atoms with Gasteiger partial charge in [-0.3, -0.25) is 10.1 Å². The molecule has 1 aromatic rings. The molecule has 0 radical (unpaired) electrons. The molecule has 0 aromatic carbocycles. The summed E-state index contributed by atoms with van der Waals surface area (Å²) in [6.45, 7) is 0.268. The van der Waals surface area contributed by atoms with Gasteiger partial charge in [-0.25, -0.2) is 4.98 Å². The van der Waals surface area contributed by atoms with Gasteiger partial charge < -0.3 is 10.5 Å². The number of nitrogens with zero attached hydrogens (tertiary/aromatic N) is 2. The van der Waals surface area contributed by atoms with Gasteiger partial charge in [0.1, 0.15) is 11.9 Å². The summed E-state index contributed by atoms with van der Waals surface area (Å²) in [5.74, 6) is -0.462. The van der Waals surface area contributed by atoms with Gasteiger partial charge in [-0.1, -0.05) is 0 Å². The van der Waals surface area contributed by atoms with Gasteiger partial charge in [0.2, 0.25) is 5.75 Å². The second kappa shape index (κ2) is 5.63. The normalized spacial score (nSPS) is 11.3. The Morgan fingerprint density at radius 2 is 2.17 bits per heavy atom. The average molecular weight is 265 g/mol. The Labute approximate surface area is 99.7 Å². The number of hydrogen-bond donors (Lipinski definition) is 1. The number of halogens is 3. The lowest BCUT2D eigenvalue weighted by Crippen LogP contribution is -2.11. The zero-order valence-electron chi connectivity index (χ0n) is 9.11. The van der Waals surface area contributed by atoms with Gasteiger partial charge in [-0.2, -0.15) is 13.2 Å².